The lowest BCUT2D eigenvalue weighted by atomic mass is 10.0. The number of carbonyl (C=O) groups excluding carboxylic acids is 3. The number of carbonyl (C=O) groups is 3. The fraction of sp³-hybridized carbons (Fsp3) is 0.125. The summed E-state index contributed by atoms with van der Waals surface area (Å²) in [6.45, 7) is -0.464. The van der Waals surface area contributed by atoms with Gasteiger partial charge in [-0.3, -0.25) is 25.2 Å². The van der Waals surface area contributed by atoms with Crippen molar-refractivity contribution in [2.75, 3.05) is 6.61 Å². The van der Waals surface area contributed by atoms with Gasteiger partial charge in [0.2, 0.25) is 5.91 Å². The Hall–Kier alpha value is -4.00. The van der Waals surface area contributed by atoms with E-state index in [2.05, 4.69) is 10.9 Å². The molecule has 7 heteroatoms. The minimum atomic E-state index is -0.653. The van der Waals surface area contributed by atoms with Crippen molar-refractivity contribution in [3.05, 3.63) is 90.2 Å². The Bertz CT molecular complexity index is 1050. The molecule has 0 atom stereocenters. The number of amides is 2. The molecule has 0 fully saturated rings. The SMILES string of the molecule is O=C(CCC(=O)c1ccc(-c2ccccc2)cc1)NNC(=O)COc1ccccc1F. The molecule has 0 unspecified atom stereocenters. The lowest BCUT2D eigenvalue weighted by Gasteiger charge is -2.09. The Morgan fingerprint density at radius 2 is 1.32 bits per heavy atom. The Balaban J connectivity index is 1.39. The number of Topliss-reactive ketones (excluding diaryl/α,β-unsaturated/α-hetero) is 1. The van der Waals surface area contributed by atoms with E-state index in [9.17, 15) is 18.8 Å². The van der Waals surface area contributed by atoms with Crippen LogP contribution in [0.25, 0.3) is 11.1 Å². The van der Waals surface area contributed by atoms with Crippen molar-refractivity contribution in [1.29, 1.82) is 0 Å². The van der Waals surface area contributed by atoms with E-state index in [1.165, 1.54) is 18.2 Å². The first-order valence-corrected chi connectivity index (χ1v) is 9.66. The van der Waals surface area contributed by atoms with E-state index in [0.717, 1.165) is 11.1 Å². The highest BCUT2D eigenvalue weighted by Crippen LogP contribution is 2.20. The summed E-state index contributed by atoms with van der Waals surface area (Å²) in [5.74, 6) is -2.00. The average molecular weight is 420 g/mol. The van der Waals surface area contributed by atoms with Crippen LogP contribution in [0.4, 0.5) is 4.39 Å². The third kappa shape index (κ3) is 6.50. The van der Waals surface area contributed by atoms with Crippen molar-refractivity contribution in [2.45, 2.75) is 12.8 Å². The van der Waals surface area contributed by atoms with E-state index in [4.69, 9.17) is 4.74 Å². The quantitative estimate of drug-likeness (QED) is 0.430. The van der Waals surface area contributed by atoms with Crippen molar-refractivity contribution < 1.29 is 23.5 Å². The summed E-state index contributed by atoms with van der Waals surface area (Å²) in [7, 11) is 0. The summed E-state index contributed by atoms with van der Waals surface area (Å²) in [4.78, 5) is 35.9. The van der Waals surface area contributed by atoms with Crippen LogP contribution in [0.3, 0.4) is 0 Å². The van der Waals surface area contributed by atoms with Gasteiger partial charge in [-0.15, -0.1) is 0 Å². The van der Waals surface area contributed by atoms with Crippen molar-refractivity contribution in [3.8, 4) is 16.9 Å². The standard InChI is InChI=1S/C24H21FN2O4/c25-20-8-4-5-9-22(20)31-16-24(30)27-26-23(29)15-14-21(28)19-12-10-18(11-13-19)17-6-2-1-3-7-17/h1-13H,14-16H2,(H,26,29)(H,27,30). The second kappa shape index (κ2) is 10.7. The molecular weight excluding hydrogens is 399 g/mol. The fourth-order valence-corrected chi connectivity index (χ4v) is 2.79. The maximum absolute atomic E-state index is 13.4. The van der Waals surface area contributed by atoms with Gasteiger partial charge in [0.15, 0.2) is 24.0 Å². The van der Waals surface area contributed by atoms with E-state index in [-0.39, 0.29) is 24.4 Å². The van der Waals surface area contributed by atoms with E-state index >= 15 is 0 Å². The third-order valence-electron chi connectivity index (χ3n) is 4.43. The minimum absolute atomic E-state index is 0.00187. The number of rotatable bonds is 8. The summed E-state index contributed by atoms with van der Waals surface area (Å²) in [6.07, 6.45) is -0.0914. The molecule has 31 heavy (non-hydrogen) atoms. The maximum Gasteiger partial charge on any atom is 0.276 e. The second-order valence-corrected chi connectivity index (χ2v) is 6.68. The zero-order valence-corrected chi connectivity index (χ0v) is 16.6. The monoisotopic (exact) mass is 420 g/mol. The molecule has 0 saturated carbocycles. The van der Waals surface area contributed by atoms with Crippen LogP contribution in [0.15, 0.2) is 78.9 Å². The van der Waals surface area contributed by atoms with Gasteiger partial charge >= 0.3 is 0 Å². The van der Waals surface area contributed by atoms with Crippen molar-refractivity contribution in [1.82, 2.24) is 10.9 Å². The highest BCUT2D eigenvalue weighted by molar-refractivity contribution is 5.98. The van der Waals surface area contributed by atoms with Crippen LogP contribution in [-0.4, -0.2) is 24.2 Å². The van der Waals surface area contributed by atoms with Gasteiger partial charge in [0.25, 0.3) is 5.91 Å². The molecule has 0 aliphatic carbocycles. The maximum atomic E-state index is 13.4. The van der Waals surface area contributed by atoms with Gasteiger partial charge in [0.1, 0.15) is 0 Å². The zero-order chi connectivity index (χ0) is 22.1. The first-order chi connectivity index (χ1) is 15.0. The highest BCUT2D eigenvalue weighted by Gasteiger charge is 2.11. The average Bonchev–Trinajstić information content (AvgIpc) is 2.81. The molecule has 6 nitrogen and oxygen atoms in total. The van der Waals surface area contributed by atoms with Crippen LogP contribution in [0.1, 0.15) is 23.2 Å². The van der Waals surface area contributed by atoms with Crippen LogP contribution in [0, 0.1) is 5.82 Å². The number of ketones is 1. The molecule has 0 heterocycles. The summed E-state index contributed by atoms with van der Waals surface area (Å²) in [5, 5.41) is 0. The molecule has 0 saturated heterocycles. The molecular formula is C24H21FN2O4. The van der Waals surface area contributed by atoms with Crippen molar-refractivity contribution >= 4 is 17.6 Å². The topological polar surface area (TPSA) is 84.5 Å². The van der Waals surface area contributed by atoms with Gasteiger partial charge in [-0.25, -0.2) is 4.39 Å². The fourth-order valence-electron chi connectivity index (χ4n) is 2.79. The first-order valence-electron chi connectivity index (χ1n) is 9.66. The Morgan fingerprint density at radius 1 is 0.710 bits per heavy atom. The largest absolute Gasteiger partial charge is 0.481 e. The molecule has 0 radical (unpaired) electrons. The molecule has 158 valence electrons. The van der Waals surface area contributed by atoms with Crippen LogP contribution < -0.4 is 15.6 Å². The predicted octanol–water partition coefficient (Wildman–Crippen LogP) is 3.68. The lowest BCUT2D eigenvalue weighted by molar-refractivity contribution is -0.130. The Morgan fingerprint density at radius 3 is 2.03 bits per heavy atom. The molecule has 3 aromatic carbocycles. The number of benzene rings is 3. The van der Waals surface area contributed by atoms with Gasteiger partial charge in [-0.1, -0.05) is 66.7 Å². The molecule has 2 amide bonds. The Labute approximate surface area is 179 Å². The number of para-hydroxylation sites is 1. The summed E-state index contributed by atoms with van der Waals surface area (Å²) < 4.78 is 18.5. The van der Waals surface area contributed by atoms with E-state index < -0.39 is 24.2 Å². The summed E-state index contributed by atoms with van der Waals surface area (Å²) in [5.41, 5.74) is 6.93. The normalized spacial score (nSPS) is 10.2. The molecule has 0 aromatic heterocycles. The van der Waals surface area contributed by atoms with Gasteiger partial charge in [0, 0.05) is 18.4 Å². The van der Waals surface area contributed by atoms with E-state index in [1.807, 2.05) is 42.5 Å². The van der Waals surface area contributed by atoms with Crippen molar-refractivity contribution in [2.24, 2.45) is 0 Å². The zero-order valence-electron chi connectivity index (χ0n) is 16.6. The Kier molecular flexibility index (Phi) is 7.48. The highest BCUT2D eigenvalue weighted by atomic mass is 19.1. The number of nitrogens with one attached hydrogen (secondary N) is 2. The minimum Gasteiger partial charge on any atom is -0.481 e. The smallest absolute Gasteiger partial charge is 0.276 e. The van der Waals surface area contributed by atoms with E-state index in [0.29, 0.717) is 5.56 Å². The van der Waals surface area contributed by atoms with Gasteiger partial charge in [0.05, 0.1) is 0 Å². The summed E-state index contributed by atoms with van der Waals surface area (Å²) >= 11 is 0. The number of hydrogen-bond donors (Lipinski definition) is 2. The number of hydrogen-bond acceptors (Lipinski definition) is 4. The number of hydrazine groups is 1. The van der Waals surface area contributed by atoms with Crippen LogP contribution in [-0.2, 0) is 9.59 Å². The molecule has 2 N–H and O–H groups in total. The molecule has 0 spiro atoms. The molecule has 0 aliphatic heterocycles. The van der Waals surface area contributed by atoms with Gasteiger partial charge in [-0.05, 0) is 23.3 Å². The molecule has 0 aliphatic rings. The van der Waals surface area contributed by atoms with Crippen molar-refractivity contribution in [3.63, 3.8) is 0 Å². The predicted molar refractivity (Wildman–Crippen MR) is 114 cm³/mol. The lowest BCUT2D eigenvalue weighted by Crippen LogP contribution is -2.43. The van der Waals surface area contributed by atoms with Crippen LogP contribution >= 0.6 is 0 Å². The van der Waals surface area contributed by atoms with Crippen LogP contribution in [0.2, 0.25) is 0 Å². The second-order valence-electron chi connectivity index (χ2n) is 6.68. The van der Waals surface area contributed by atoms with Gasteiger partial charge < -0.3 is 4.74 Å². The first kappa shape index (κ1) is 21.7. The van der Waals surface area contributed by atoms with Crippen LogP contribution in [0.5, 0.6) is 5.75 Å². The van der Waals surface area contributed by atoms with Gasteiger partial charge in [-0.2, -0.15) is 0 Å². The number of ether oxygens (including phenoxy) is 1. The number of halogens is 1. The molecule has 3 rings (SSSR count). The summed E-state index contributed by atoms with van der Waals surface area (Å²) in [6, 6.07) is 22.6. The third-order valence-corrected chi connectivity index (χ3v) is 4.43. The van der Waals surface area contributed by atoms with E-state index in [1.54, 1.807) is 18.2 Å². The molecule has 0 bridgehead atoms. The molecule has 3 aromatic rings.